The molecule has 0 unspecified atom stereocenters. The smallest absolute Gasteiger partial charge is 0.332 e. The second-order valence-corrected chi connectivity index (χ2v) is 3.43. The molecule has 0 amide bonds. The highest BCUT2D eigenvalue weighted by Crippen LogP contribution is 2.06. The van der Waals surface area contributed by atoms with E-state index in [1.165, 1.54) is 0 Å². The Hall–Kier alpha value is -0.320. The van der Waals surface area contributed by atoms with Crippen LogP contribution in [0.25, 0.3) is 0 Å². The lowest BCUT2D eigenvalue weighted by Gasteiger charge is -2.19. The number of nitrogens with two attached hydrogens (primary N) is 1. The first-order valence-corrected chi connectivity index (χ1v) is 3.95. The van der Waals surface area contributed by atoms with Gasteiger partial charge in [0, 0.05) is 6.54 Å². The molecule has 0 saturated heterocycles. The maximum atomic E-state index is 10.9. The molecular formula is C8H18ClNO3. The van der Waals surface area contributed by atoms with Crippen molar-refractivity contribution in [3.05, 3.63) is 0 Å². The van der Waals surface area contributed by atoms with Crippen molar-refractivity contribution in [2.75, 3.05) is 19.8 Å². The molecule has 0 rings (SSSR count). The SMILES string of the molecule is CC(C)(C)OC(=O)COCCN.Cl. The number of hydrogen-bond donors (Lipinski definition) is 1. The van der Waals surface area contributed by atoms with Crippen LogP contribution in [0, 0.1) is 0 Å². The Morgan fingerprint density at radius 3 is 2.31 bits per heavy atom. The van der Waals surface area contributed by atoms with E-state index in [4.69, 9.17) is 15.2 Å². The molecule has 0 radical (unpaired) electrons. The third-order valence-electron chi connectivity index (χ3n) is 0.902. The minimum atomic E-state index is -0.441. The lowest BCUT2D eigenvalue weighted by atomic mass is 10.2. The number of rotatable bonds is 4. The normalized spacial score (nSPS) is 10.5. The number of halogens is 1. The number of carbonyl (C=O) groups excluding carboxylic acids is 1. The van der Waals surface area contributed by atoms with Crippen LogP contribution in [0.4, 0.5) is 0 Å². The van der Waals surface area contributed by atoms with E-state index in [-0.39, 0.29) is 25.0 Å². The standard InChI is InChI=1S/C8H17NO3.ClH/c1-8(2,3)12-7(10)6-11-5-4-9;/h4-6,9H2,1-3H3;1H. The van der Waals surface area contributed by atoms with E-state index in [9.17, 15) is 4.79 Å². The maximum absolute atomic E-state index is 10.9. The molecule has 0 aromatic heterocycles. The molecule has 0 fully saturated rings. The van der Waals surface area contributed by atoms with Crippen LogP contribution in [-0.4, -0.2) is 31.3 Å². The molecule has 0 aromatic carbocycles. The average molecular weight is 212 g/mol. The summed E-state index contributed by atoms with van der Waals surface area (Å²) in [5.41, 5.74) is 4.72. The van der Waals surface area contributed by atoms with Gasteiger partial charge in [-0.05, 0) is 20.8 Å². The van der Waals surface area contributed by atoms with Crippen LogP contribution in [0.5, 0.6) is 0 Å². The molecule has 0 aliphatic carbocycles. The Balaban J connectivity index is 0. The largest absolute Gasteiger partial charge is 0.458 e. The third-order valence-corrected chi connectivity index (χ3v) is 0.902. The van der Waals surface area contributed by atoms with Crippen molar-refractivity contribution in [1.82, 2.24) is 0 Å². The minimum absolute atomic E-state index is 0. The van der Waals surface area contributed by atoms with E-state index in [0.717, 1.165) is 0 Å². The summed E-state index contributed by atoms with van der Waals surface area (Å²) >= 11 is 0. The van der Waals surface area contributed by atoms with Gasteiger partial charge >= 0.3 is 5.97 Å². The Kier molecular flexibility index (Phi) is 8.30. The summed E-state index contributed by atoms with van der Waals surface area (Å²) in [5.74, 6) is -0.351. The molecule has 0 aliphatic heterocycles. The third kappa shape index (κ3) is 11.7. The predicted molar refractivity (Wildman–Crippen MR) is 53.0 cm³/mol. The van der Waals surface area contributed by atoms with Crippen molar-refractivity contribution in [1.29, 1.82) is 0 Å². The number of carbonyl (C=O) groups is 1. The zero-order chi connectivity index (χ0) is 9.61. The average Bonchev–Trinajstić information content (AvgIpc) is 1.84. The van der Waals surface area contributed by atoms with E-state index >= 15 is 0 Å². The van der Waals surface area contributed by atoms with E-state index in [1.54, 1.807) is 0 Å². The fraction of sp³-hybridized carbons (Fsp3) is 0.875. The minimum Gasteiger partial charge on any atom is -0.458 e. The van der Waals surface area contributed by atoms with Gasteiger partial charge in [0.25, 0.3) is 0 Å². The van der Waals surface area contributed by atoms with Crippen molar-refractivity contribution in [2.45, 2.75) is 26.4 Å². The van der Waals surface area contributed by atoms with Gasteiger partial charge in [-0.1, -0.05) is 0 Å². The molecule has 5 heteroatoms. The molecule has 0 aromatic rings. The maximum Gasteiger partial charge on any atom is 0.332 e. The lowest BCUT2D eigenvalue weighted by Crippen LogP contribution is -2.27. The van der Waals surface area contributed by atoms with Crippen molar-refractivity contribution >= 4 is 18.4 Å². The van der Waals surface area contributed by atoms with E-state index in [1.807, 2.05) is 20.8 Å². The van der Waals surface area contributed by atoms with Gasteiger partial charge < -0.3 is 15.2 Å². The zero-order valence-electron chi connectivity index (χ0n) is 8.33. The summed E-state index contributed by atoms with van der Waals surface area (Å²) in [5, 5.41) is 0. The predicted octanol–water partition coefficient (Wildman–Crippen LogP) is 0.725. The van der Waals surface area contributed by atoms with Crippen LogP contribution in [0.2, 0.25) is 0 Å². The topological polar surface area (TPSA) is 61.5 Å². The first kappa shape index (κ1) is 15.2. The number of ether oxygens (including phenoxy) is 2. The Morgan fingerprint density at radius 1 is 1.38 bits per heavy atom. The molecule has 0 spiro atoms. The molecule has 0 atom stereocenters. The fourth-order valence-electron chi connectivity index (χ4n) is 0.610. The van der Waals surface area contributed by atoms with Crippen LogP contribution >= 0.6 is 12.4 Å². The molecule has 13 heavy (non-hydrogen) atoms. The van der Waals surface area contributed by atoms with Crippen molar-refractivity contribution in [3.63, 3.8) is 0 Å². The summed E-state index contributed by atoms with van der Waals surface area (Å²) in [4.78, 5) is 10.9. The highest BCUT2D eigenvalue weighted by atomic mass is 35.5. The van der Waals surface area contributed by atoms with Gasteiger partial charge in [-0.15, -0.1) is 12.4 Å². The second-order valence-electron chi connectivity index (χ2n) is 3.43. The van der Waals surface area contributed by atoms with E-state index < -0.39 is 5.60 Å². The van der Waals surface area contributed by atoms with Gasteiger partial charge in [0.05, 0.1) is 6.61 Å². The highest BCUT2D eigenvalue weighted by Gasteiger charge is 2.15. The molecular weight excluding hydrogens is 194 g/mol. The second kappa shape index (κ2) is 7.12. The molecule has 80 valence electrons. The highest BCUT2D eigenvalue weighted by molar-refractivity contribution is 5.85. The molecule has 0 aliphatic rings. The van der Waals surface area contributed by atoms with Gasteiger partial charge in [-0.2, -0.15) is 0 Å². The van der Waals surface area contributed by atoms with Crippen LogP contribution in [0.3, 0.4) is 0 Å². The number of esters is 1. The van der Waals surface area contributed by atoms with Gasteiger partial charge in [-0.25, -0.2) is 4.79 Å². The van der Waals surface area contributed by atoms with Gasteiger partial charge in [0.15, 0.2) is 0 Å². The van der Waals surface area contributed by atoms with Gasteiger partial charge in [-0.3, -0.25) is 0 Å². The van der Waals surface area contributed by atoms with Gasteiger partial charge in [0.1, 0.15) is 12.2 Å². The summed E-state index contributed by atoms with van der Waals surface area (Å²) in [6.45, 7) is 6.23. The number of hydrogen-bond acceptors (Lipinski definition) is 4. The monoisotopic (exact) mass is 211 g/mol. The molecule has 0 saturated carbocycles. The molecule has 4 nitrogen and oxygen atoms in total. The fourth-order valence-corrected chi connectivity index (χ4v) is 0.610. The Bertz CT molecular complexity index is 145. The lowest BCUT2D eigenvalue weighted by molar-refractivity contribution is -0.160. The van der Waals surface area contributed by atoms with E-state index in [0.29, 0.717) is 13.2 Å². The molecule has 0 bridgehead atoms. The summed E-state index contributed by atoms with van der Waals surface area (Å²) < 4.78 is 9.87. The van der Waals surface area contributed by atoms with Crippen molar-refractivity contribution < 1.29 is 14.3 Å². The van der Waals surface area contributed by atoms with Crippen LogP contribution in [0.15, 0.2) is 0 Å². The van der Waals surface area contributed by atoms with Crippen molar-refractivity contribution in [3.8, 4) is 0 Å². The van der Waals surface area contributed by atoms with Crippen molar-refractivity contribution in [2.24, 2.45) is 5.73 Å². The van der Waals surface area contributed by atoms with Gasteiger partial charge in [0.2, 0.25) is 0 Å². The molecule has 0 heterocycles. The molecule has 2 N–H and O–H groups in total. The first-order valence-electron chi connectivity index (χ1n) is 3.95. The summed E-state index contributed by atoms with van der Waals surface area (Å²) in [7, 11) is 0. The van der Waals surface area contributed by atoms with E-state index in [2.05, 4.69) is 0 Å². The quantitative estimate of drug-likeness (QED) is 0.550. The zero-order valence-corrected chi connectivity index (χ0v) is 9.15. The Labute approximate surface area is 85.2 Å². The Morgan fingerprint density at radius 2 is 1.92 bits per heavy atom. The van der Waals surface area contributed by atoms with Crippen LogP contribution in [0.1, 0.15) is 20.8 Å². The summed E-state index contributed by atoms with van der Waals surface area (Å²) in [6.07, 6.45) is 0. The first-order chi connectivity index (χ1) is 5.45. The summed E-state index contributed by atoms with van der Waals surface area (Å²) in [6, 6.07) is 0. The van der Waals surface area contributed by atoms with Crippen LogP contribution in [-0.2, 0) is 14.3 Å². The van der Waals surface area contributed by atoms with Crippen LogP contribution < -0.4 is 5.73 Å².